The molecule has 34 heavy (non-hydrogen) atoms. The number of rotatable bonds is 11. The minimum atomic E-state index is -4.02. The van der Waals surface area contributed by atoms with E-state index in [0.717, 1.165) is 0 Å². The molecule has 4 atom stereocenters. The number of amides is 1. The lowest BCUT2D eigenvalue weighted by Crippen LogP contribution is -2.36. The normalized spacial score (nSPS) is 20.6. The highest BCUT2D eigenvalue weighted by molar-refractivity contribution is 7.52. The van der Waals surface area contributed by atoms with Gasteiger partial charge in [-0.1, -0.05) is 18.2 Å². The van der Waals surface area contributed by atoms with E-state index in [1.807, 2.05) is 0 Å². The summed E-state index contributed by atoms with van der Waals surface area (Å²) in [6.07, 6.45) is 0.782. The molecule has 2 unspecified atom stereocenters. The Labute approximate surface area is 196 Å². The predicted molar refractivity (Wildman–Crippen MR) is 120 cm³/mol. The van der Waals surface area contributed by atoms with Crippen LogP contribution >= 0.6 is 7.75 Å². The second-order valence-electron chi connectivity index (χ2n) is 8.01. The van der Waals surface area contributed by atoms with Crippen LogP contribution in [0.4, 0.5) is 0 Å². The predicted octanol–water partition coefficient (Wildman–Crippen LogP) is 2.50. The van der Waals surface area contributed by atoms with Gasteiger partial charge >= 0.3 is 13.7 Å². The van der Waals surface area contributed by atoms with Gasteiger partial charge in [-0.15, -0.1) is 0 Å². The highest BCUT2D eigenvalue weighted by Gasteiger charge is 2.36. The van der Waals surface area contributed by atoms with Crippen molar-refractivity contribution < 1.29 is 37.8 Å². The molecule has 2 heterocycles. The average Bonchev–Trinajstić information content (AvgIpc) is 3.38. The van der Waals surface area contributed by atoms with Crippen molar-refractivity contribution in [3.05, 3.63) is 42.4 Å². The van der Waals surface area contributed by atoms with Crippen LogP contribution in [0.15, 0.2) is 36.7 Å². The van der Waals surface area contributed by atoms with Crippen LogP contribution < -0.4 is 15.3 Å². The highest BCUT2D eigenvalue weighted by atomic mass is 31.2. The molecule has 1 amide bonds. The number of para-hydroxylation sites is 1. The summed E-state index contributed by atoms with van der Waals surface area (Å²) in [6.45, 7) is 4.78. The van der Waals surface area contributed by atoms with Crippen molar-refractivity contribution in [3.63, 3.8) is 0 Å². The molecule has 12 nitrogen and oxygen atoms in total. The number of carbonyl (C=O) groups excluding carboxylic acids is 2. The number of primary amides is 1. The fraction of sp³-hybridized carbons (Fsp3) is 0.476. The van der Waals surface area contributed by atoms with Gasteiger partial charge in [-0.25, -0.2) is 9.55 Å². The van der Waals surface area contributed by atoms with Gasteiger partial charge in [0.2, 0.25) is 5.88 Å². The summed E-state index contributed by atoms with van der Waals surface area (Å²) in [7, 11) is -4.02. The molecule has 1 fully saturated rings. The van der Waals surface area contributed by atoms with E-state index in [4.69, 9.17) is 24.3 Å². The van der Waals surface area contributed by atoms with E-state index in [2.05, 4.69) is 10.1 Å². The molecule has 186 valence electrons. The molecule has 1 saturated heterocycles. The number of benzene rings is 1. The molecule has 0 saturated carbocycles. The standard InChI is InChI=1S/C21H29N4O8P/c1-13(2)31-21(28)14(3)24-34(29,33-15-7-5-4-6-8-15)30-11-16-9-10-17(32-16)25-12-23-18(19(22)26)20(25)27/h4-8,12-14,16-17,27H,9-11H2,1-3H3,(H2,22,26)(H,24,29)/t14?,16-,17+,34?/m0/s1. The van der Waals surface area contributed by atoms with Crippen LogP contribution in [0.3, 0.4) is 0 Å². The number of esters is 1. The minimum absolute atomic E-state index is 0.127. The van der Waals surface area contributed by atoms with Gasteiger partial charge in [-0.05, 0) is 45.7 Å². The Morgan fingerprint density at radius 3 is 2.62 bits per heavy atom. The molecule has 0 bridgehead atoms. The van der Waals surface area contributed by atoms with Crippen molar-refractivity contribution in [2.45, 2.75) is 58.1 Å². The van der Waals surface area contributed by atoms with Gasteiger partial charge in [0, 0.05) is 0 Å². The first-order valence-corrected chi connectivity index (χ1v) is 12.3. The zero-order valence-electron chi connectivity index (χ0n) is 19.1. The summed E-state index contributed by atoms with van der Waals surface area (Å²) in [5.74, 6) is -1.57. The van der Waals surface area contributed by atoms with E-state index in [0.29, 0.717) is 12.8 Å². The van der Waals surface area contributed by atoms with Gasteiger partial charge < -0.3 is 24.8 Å². The number of nitrogens with zero attached hydrogens (tertiary/aromatic N) is 2. The molecule has 4 N–H and O–H groups in total. The quantitative estimate of drug-likeness (QED) is 0.311. The molecular weight excluding hydrogens is 467 g/mol. The number of nitrogens with one attached hydrogen (secondary N) is 1. The first kappa shape index (κ1) is 25.7. The van der Waals surface area contributed by atoms with Crippen LogP contribution in [0.25, 0.3) is 0 Å². The van der Waals surface area contributed by atoms with Crippen molar-refractivity contribution in [1.29, 1.82) is 0 Å². The Balaban J connectivity index is 1.66. The molecule has 1 aliphatic rings. The van der Waals surface area contributed by atoms with E-state index in [1.165, 1.54) is 17.8 Å². The van der Waals surface area contributed by atoms with Gasteiger partial charge in [0.1, 0.15) is 24.3 Å². The average molecular weight is 496 g/mol. The van der Waals surface area contributed by atoms with Crippen molar-refractivity contribution >= 4 is 19.6 Å². The van der Waals surface area contributed by atoms with E-state index in [-0.39, 0.29) is 24.2 Å². The third-order valence-corrected chi connectivity index (χ3v) is 6.50. The SMILES string of the molecule is CC(C)OC(=O)C(C)NP(=O)(OC[C@@H]1CC[C@H](n2cnc(C(N)=O)c2O)O1)Oc1ccccc1. The van der Waals surface area contributed by atoms with Crippen molar-refractivity contribution in [2.75, 3.05) is 6.61 Å². The number of hydrogen-bond acceptors (Lipinski definition) is 9. The molecule has 0 aliphatic carbocycles. The third-order valence-electron chi connectivity index (χ3n) is 4.85. The van der Waals surface area contributed by atoms with Crippen LogP contribution in [-0.4, -0.2) is 51.4 Å². The lowest BCUT2D eigenvalue weighted by molar-refractivity contribution is -0.149. The summed E-state index contributed by atoms with van der Waals surface area (Å²) < 4.78 is 37.0. The summed E-state index contributed by atoms with van der Waals surface area (Å²) in [5, 5.41) is 12.8. The monoisotopic (exact) mass is 496 g/mol. The van der Waals surface area contributed by atoms with Gasteiger partial charge in [0.15, 0.2) is 5.69 Å². The van der Waals surface area contributed by atoms with E-state index in [9.17, 15) is 19.3 Å². The Morgan fingerprint density at radius 2 is 2.00 bits per heavy atom. The van der Waals surface area contributed by atoms with Gasteiger partial charge in [-0.3, -0.25) is 18.7 Å². The number of aromatic nitrogens is 2. The molecule has 2 aromatic rings. The van der Waals surface area contributed by atoms with Crippen molar-refractivity contribution in [3.8, 4) is 11.6 Å². The van der Waals surface area contributed by atoms with E-state index < -0.39 is 43.9 Å². The van der Waals surface area contributed by atoms with Gasteiger partial charge in [0.25, 0.3) is 5.91 Å². The first-order valence-electron chi connectivity index (χ1n) is 10.8. The van der Waals surface area contributed by atoms with E-state index >= 15 is 0 Å². The lowest BCUT2D eigenvalue weighted by atomic mass is 10.2. The van der Waals surface area contributed by atoms with Crippen LogP contribution in [0.1, 0.15) is 50.3 Å². The maximum Gasteiger partial charge on any atom is 0.459 e. The van der Waals surface area contributed by atoms with Crippen LogP contribution in [-0.2, 0) is 23.4 Å². The molecule has 0 radical (unpaired) electrons. The maximum atomic E-state index is 13.5. The second-order valence-corrected chi connectivity index (χ2v) is 9.71. The fourth-order valence-corrected chi connectivity index (χ4v) is 4.79. The number of nitrogens with two attached hydrogens (primary N) is 1. The number of hydrogen-bond donors (Lipinski definition) is 3. The third kappa shape index (κ3) is 6.57. The molecule has 0 spiro atoms. The smallest absolute Gasteiger partial charge is 0.459 e. The number of aromatic hydroxyl groups is 1. The summed E-state index contributed by atoms with van der Waals surface area (Å²) in [6, 6.07) is 7.43. The van der Waals surface area contributed by atoms with Crippen molar-refractivity contribution in [1.82, 2.24) is 14.6 Å². The molecule has 3 rings (SSSR count). The molecule has 1 aliphatic heterocycles. The second kappa shape index (κ2) is 11.0. The van der Waals surface area contributed by atoms with Crippen LogP contribution in [0.5, 0.6) is 11.6 Å². The Morgan fingerprint density at radius 1 is 1.29 bits per heavy atom. The Hall–Kier alpha value is -2.92. The summed E-state index contributed by atoms with van der Waals surface area (Å²) in [5.41, 5.74) is 4.93. The molecule has 1 aromatic carbocycles. The highest BCUT2D eigenvalue weighted by Crippen LogP contribution is 2.46. The van der Waals surface area contributed by atoms with Crippen LogP contribution in [0.2, 0.25) is 0 Å². The fourth-order valence-electron chi connectivity index (χ4n) is 3.27. The maximum absolute atomic E-state index is 13.5. The summed E-state index contributed by atoms with van der Waals surface area (Å²) in [4.78, 5) is 27.3. The molecular formula is C21H29N4O8P. The zero-order chi connectivity index (χ0) is 24.9. The number of ether oxygens (including phenoxy) is 2. The number of imidazole rings is 1. The zero-order valence-corrected chi connectivity index (χ0v) is 20.0. The topological polar surface area (TPSA) is 164 Å². The minimum Gasteiger partial charge on any atom is -0.493 e. The van der Waals surface area contributed by atoms with Crippen LogP contribution in [0, 0.1) is 0 Å². The number of carbonyl (C=O) groups is 2. The Kier molecular flexibility index (Phi) is 8.32. The first-order chi connectivity index (χ1) is 16.1. The van der Waals surface area contributed by atoms with Crippen molar-refractivity contribution in [2.24, 2.45) is 5.73 Å². The molecule has 1 aromatic heterocycles. The van der Waals surface area contributed by atoms with Gasteiger partial charge in [-0.2, -0.15) is 5.09 Å². The van der Waals surface area contributed by atoms with E-state index in [1.54, 1.807) is 44.2 Å². The Bertz CT molecular complexity index is 1040. The lowest BCUT2D eigenvalue weighted by Gasteiger charge is -2.24. The largest absolute Gasteiger partial charge is 0.493 e. The molecule has 13 heteroatoms. The van der Waals surface area contributed by atoms with Gasteiger partial charge in [0.05, 0.1) is 18.8 Å². The summed E-state index contributed by atoms with van der Waals surface area (Å²) >= 11 is 0.